The molecule has 3 unspecified atom stereocenters. The van der Waals surface area contributed by atoms with Crippen LogP contribution in [0.5, 0.6) is 0 Å². The van der Waals surface area contributed by atoms with Gasteiger partial charge >= 0.3 is 0 Å². The summed E-state index contributed by atoms with van der Waals surface area (Å²) in [5.74, 6) is 1.60. The van der Waals surface area contributed by atoms with E-state index in [9.17, 15) is 0 Å². The molecule has 1 heterocycles. The Morgan fingerprint density at radius 1 is 1.29 bits per heavy atom. The summed E-state index contributed by atoms with van der Waals surface area (Å²) in [5, 5.41) is 7.27. The molecule has 130 valence electrons. The molecule has 2 N–H and O–H groups in total. The van der Waals surface area contributed by atoms with E-state index < -0.39 is 0 Å². The highest BCUT2D eigenvalue weighted by Crippen LogP contribution is 2.60. The summed E-state index contributed by atoms with van der Waals surface area (Å²) in [5.41, 5.74) is 3.01. The van der Waals surface area contributed by atoms with E-state index in [0.29, 0.717) is 23.5 Å². The number of hydrogen-bond donors (Lipinski definition) is 2. The van der Waals surface area contributed by atoms with Gasteiger partial charge in [0.2, 0.25) is 0 Å². The average Bonchev–Trinajstić information content (AvgIpc) is 3.25. The maximum atomic E-state index is 6.08. The number of fused-ring (bicyclic) bond motifs is 2. The van der Waals surface area contributed by atoms with Gasteiger partial charge in [-0.05, 0) is 37.3 Å². The lowest BCUT2D eigenvalue weighted by Crippen LogP contribution is -2.69. The molecule has 4 rings (SSSR count). The fourth-order valence-corrected chi connectivity index (χ4v) is 5.23. The Kier molecular flexibility index (Phi) is 4.25. The molecule has 1 aromatic rings. The van der Waals surface area contributed by atoms with E-state index in [1.165, 1.54) is 43.2 Å². The summed E-state index contributed by atoms with van der Waals surface area (Å²) in [6, 6.07) is 9.05. The molecule has 0 aromatic heterocycles. The molecule has 2 aliphatic carbocycles. The zero-order chi connectivity index (χ0) is 16.6. The molecular formula is C20H29N3O. The first-order chi connectivity index (χ1) is 11.7. The minimum atomic E-state index is 0.363. The second kappa shape index (κ2) is 6.40. The van der Waals surface area contributed by atoms with Crippen molar-refractivity contribution in [2.45, 2.75) is 57.7 Å². The third-order valence-electron chi connectivity index (χ3n) is 6.51. The lowest BCUT2D eigenvalue weighted by molar-refractivity contribution is -0.125. The Hall–Kier alpha value is -1.55. The van der Waals surface area contributed by atoms with E-state index in [0.717, 1.165) is 19.1 Å². The summed E-state index contributed by atoms with van der Waals surface area (Å²) >= 11 is 0. The summed E-state index contributed by atoms with van der Waals surface area (Å²) in [7, 11) is 1.87. The van der Waals surface area contributed by atoms with Crippen molar-refractivity contribution in [3.05, 3.63) is 35.4 Å². The predicted molar refractivity (Wildman–Crippen MR) is 97.0 cm³/mol. The first-order valence-corrected chi connectivity index (χ1v) is 9.38. The zero-order valence-corrected chi connectivity index (χ0v) is 14.8. The van der Waals surface area contributed by atoms with Gasteiger partial charge in [-0.15, -0.1) is 0 Å². The van der Waals surface area contributed by atoms with Crippen LogP contribution < -0.4 is 10.6 Å². The normalized spacial score (nSPS) is 30.9. The van der Waals surface area contributed by atoms with E-state index in [4.69, 9.17) is 4.74 Å². The molecule has 4 heteroatoms. The fraction of sp³-hybridized carbons (Fsp3) is 0.650. The third kappa shape index (κ3) is 2.52. The average molecular weight is 327 g/mol. The van der Waals surface area contributed by atoms with Gasteiger partial charge in [-0.25, -0.2) is 0 Å². The molecule has 1 aromatic carbocycles. The van der Waals surface area contributed by atoms with Crippen molar-refractivity contribution in [3.63, 3.8) is 0 Å². The van der Waals surface area contributed by atoms with Gasteiger partial charge in [-0.1, -0.05) is 37.1 Å². The van der Waals surface area contributed by atoms with Gasteiger partial charge in [0.1, 0.15) is 0 Å². The third-order valence-corrected chi connectivity index (χ3v) is 6.51. The summed E-state index contributed by atoms with van der Waals surface area (Å²) in [6.07, 6.45) is 6.99. The largest absolute Gasteiger partial charge is 0.377 e. The number of rotatable bonds is 3. The van der Waals surface area contributed by atoms with Gasteiger partial charge in [-0.2, -0.15) is 0 Å². The molecule has 24 heavy (non-hydrogen) atoms. The molecule has 3 atom stereocenters. The molecule has 1 aliphatic heterocycles. The fourth-order valence-electron chi connectivity index (χ4n) is 5.23. The van der Waals surface area contributed by atoms with Crippen molar-refractivity contribution in [2.75, 3.05) is 13.7 Å². The standard InChI is InChI=1S/C20H29N3O/c1-14-7-3-4-8-15(14)13-22-19(21-2)23-17-16-9-12-24-18(16)20(17)10-5-6-11-20/h3-4,7-8,16-18H,5-6,9-13H2,1-2H3,(H2,21,22,23). The van der Waals surface area contributed by atoms with Crippen LogP contribution in [0.3, 0.4) is 0 Å². The molecule has 0 bridgehead atoms. The number of ether oxygens (including phenoxy) is 1. The van der Waals surface area contributed by atoms with Crippen LogP contribution in [0.2, 0.25) is 0 Å². The van der Waals surface area contributed by atoms with Crippen LogP contribution in [-0.2, 0) is 11.3 Å². The van der Waals surface area contributed by atoms with Crippen LogP contribution in [-0.4, -0.2) is 31.8 Å². The van der Waals surface area contributed by atoms with Crippen molar-refractivity contribution in [2.24, 2.45) is 16.3 Å². The highest BCUT2D eigenvalue weighted by atomic mass is 16.5. The Labute approximate surface area is 145 Å². The highest BCUT2D eigenvalue weighted by molar-refractivity contribution is 5.80. The second-order valence-electron chi connectivity index (χ2n) is 7.66. The first kappa shape index (κ1) is 15.9. The van der Waals surface area contributed by atoms with Crippen LogP contribution in [0.15, 0.2) is 29.3 Å². The maximum absolute atomic E-state index is 6.08. The molecular weight excluding hydrogens is 298 g/mol. The van der Waals surface area contributed by atoms with Gasteiger partial charge in [0.15, 0.2) is 5.96 Å². The van der Waals surface area contributed by atoms with Crippen molar-refractivity contribution >= 4 is 5.96 Å². The number of benzene rings is 1. The smallest absolute Gasteiger partial charge is 0.191 e. The van der Waals surface area contributed by atoms with Crippen molar-refractivity contribution in [1.29, 1.82) is 0 Å². The van der Waals surface area contributed by atoms with E-state index >= 15 is 0 Å². The Bertz CT molecular complexity index is 621. The number of aliphatic imine (C=N–C) groups is 1. The van der Waals surface area contributed by atoms with Crippen molar-refractivity contribution in [1.82, 2.24) is 10.6 Å². The molecule has 1 spiro atoms. The van der Waals surface area contributed by atoms with Gasteiger partial charge in [0, 0.05) is 37.6 Å². The molecule has 3 fully saturated rings. The van der Waals surface area contributed by atoms with Crippen molar-refractivity contribution < 1.29 is 4.74 Å². The minimum Gasteiger partial charge on any atom is -0.377 e. The molecule has 4 nitrogen and oxygen atoms in total. The number of nitrogens with one attached hydrogen (secondary N) is 2. The monoisotopic (exact) mass is 327 g/mol. The lowest BCUT2D eigenvalue weighted by atomic mass is 9.54. The second-order valence-corrected chi connectivity index (χ2v) is 7.66. The number of aryl methyl sites for hydroxylation is 1. The Morgan fingerprint density at radius 2 is 2.08 bits per heavy atom. The summed E-state index contributed by atoms with van der Waals surface area (Å²) < 4.78 is 6.08. The molecule has 1 saturated heterocycles. The highest BCUT2D eigenvalue weighted by Gasteiger charge is 2.65. The zero-order valence-electron chi connectivity index (χ0n) is 14.8. The van der Waals surface area contributed by atoms with Crippen LogP contribution >= 0.6 is 0 Å². The van der Waals surface area contributed by atoms with E-state index in [-0.39, 0.29) is 0 Å². The lowest BCUT2D eigenvalue weighted by Gasteiger charge is -2.57. The number of guanidine groups is 1. The van der Waals surface area contributed by atoms with E-state index in [1.807, 2.05) is 7.05 Å². The maximum Gasteiger partial charge on any atom is 0.191 e. The summed E-state index contributed by atoms with van der Waals surface area (Å²) in [4.78, 5) is 4.48. The van der Waals surface area contributed by atoms with Crippen LogP contribution in [0.25, 0.3) is 0 Å². The van der Waals surface area contributed by atoms with Crippen molar-refractivity contribution in [3.8, 4) is 0 Å². The minimum absolute atomic E-state index is 0.363. The van der Waals surface area contributed by atoms with E-state index in [1.54, 1.807) is 0 Å². The SMILES string of the molecule is CN=C(NCc1ccccc1C)NC1C2CCOC2C12CCCC2. The van der Waals surface area contributed by atoms with Gasteiger partial charge in [0.25, 0.3) is 0 Å². The predicted octanol–water partition coefficient (Wildman–Crippen LogP) is 3.01. The number of hydrogen-bond acceptors (Lipinski definition) is 2. The van der Waals surface area contributed by atoms with E-state index in [2.05, 4.69) is 46.8 Å². The molecule has 0 radical (unpaired) electrons. The summed E-state index contributed by atoms with van der Waals surface area (Å²) in [6.45, 7) is 3.91. The van der Waals surface area contributed by atoms with Gasteiger partial charge in [0.05, 0.1) is 6.10 Å². The van der Waals surface area contributed by atoms with Crippen LogP contribution in [0.1, 0.15) is 43.2 Å². The molecule has 3 aliphatic rings. The van der Waals surface area contributed by atoms with Crippen LogP contribution in [0.4, 0.5) is 0 Å². The number of nitrogens with zero attached hydrogens (tertiary/aromatic N) is 1. The Morgan fingerprint density at radius 3 is 2.83 bits per heavy atom. The van der Waals surface area contributed by atoms with Gasteiger partial charge in [-0.3, -0.25) is 4.99 Å². The van der Waals surface area contributed by atoms with Gasteiger partial charge < -0.3 is 15.4 Å². The molecule has 0 amide bonds. The van der Waals surface area contributed by atoms with Crippen LogP contribution in [0, 0.1) is 18.3 Å². The molecule has 2 saturated carbocycles. The quantitative estimate of drug-likeness (QED) is 0.663. The first-order valence-electron chi connectivity index (χ1n) is 9.38. The topological polar surface area (TPSA) is 45.7 Å². The Balaban J connectivity index is 1.42.